The van der Waals surface area contributed by atoms with E-state index in [0.717, 1.165) is 18.8 Å². The fourth-order valence-corrected chi connectivity index (χ4v) is 2.47. The summed E-state index contributed by atoms with van der Waals surface area (Å²) in [5.41, 5.74) is 7.17. The average molecular weight is 268 g/mol. The molecule has 1 aromatic rings. The molecule has 0 aromatic heterocycles. The molecule has 19 heavy (non-hydrogen) atoms. The van der Waals surface area contributed by atoms with Crippen molar-refractivity contribution >= 4 is 11.4 Å². The van der Waals surface area contributed by atoms with Crippen LogP contribution < -0.4 is 15.4 Å². The molecule has 106 valence electrons. The van der Waals surface area contributed by atoms with Gasteiger partial charge in [-0.05, 0) is 20.8 Å². The maximum Gasteiger partial charge on any atom is 0.167 e. The molecule has 1 aliphatic heterocycles. The van der Waals surface area contributed by atoms with Crippen molar-refractivity contribution < 1.29 is 13.9 Å². The number of rotatable bonds is 3. The molecule has 1 fully saturated rings. The summed E-state index contributed by atoms with van der Waals surface area (Å²) in [5.74, 6) is -0.170. The zero-order valence-electron chi connectivity index (χ0n) is 11.6. The van der Waals surface area contributed by atoms with Crippen molar-refractivity contribution in [2.45, 2.75) is 33.0 Å². The van der Waals surface area contributed by atoms with Crippen LogP contribution in [-0.4, -0.2) is 31.9 Å². The second kappa shape index (κ2) is 5.65. The number of nitrogens with zero attached hydrogens (tertiary/aromatic N) is 1. The summed E-state index contributed by atoms with van der Waals surface area (Å²) < 4.78 is 24.7. The quantitative estimate of drug-likeness (QED) is 0.855. The van der Waals surface area contributed by atoms with Crippen molar-refractivity contribution in [3.8, 4) is 5.75 Å². The maximum atomic E-state index is 13.7. The number of anilines is 2. The second-order valence-corrected chi connectivity index (χ2v) is 4.94. The minimum Gasteiger partial charge on any atom is -0.491 e. The molecule has 2 atom stereocenters. The second-order valence-electron chi connectivity index (χ2n) is 4.94. The van der Waals surface area contributed by atoms with Crippen molar-refractivity contribution in [3.63, 3.8) is 0 Å². The average Bonchev–Trinajstić information content (AvgIpc) is 2.31. The fourth-order valence-electron chi connectivity index (χ4n) is 2.47. The highest BCUT2D eigenvalue weighted by molar-refractivity contribution is 5.70. The molecule has 0 radical (unpaired) electrons. The Balaban J connectivity index is 2.30. The molecule has 1 aromatic carbocycles. The zero-order chi connectivity index (χ0) is 14.0. The number of hydrogen-bond acceptors (Lipinski definition) is 4. The molecule has 2 rings (SSSR count). The fraction of sp³-hybridized carbons (Fsp3) is 0.571. The molecule has 2 N–H and O–H groups in total. The first-order chi connectivity index (χ1) is 9.01. The van der Waals surface area contributed by atoms with Gasteiger partial charge in [-0.3, -0.25) is 0 Å². The third kappa shape index (κ3) is 3.10. The number of nitrogen functional groups attached to an aromatic ring is 1. The van der Waals surface area contributed by atoms with Gasteiger partial charge in [0.1, 0.15) is 0 Å². The summed E-state index contributed by atoms with van der Waals surface area (Å²) in [6.45, 7) is 7.78. The number of hydrogen-bond donors (Lipinski definition) is 1. The summed E-state index contributed by atoms with van der Waals surface area (Å²) in [5, 5.41) is 0. The number of morpholine rings is 1. The highest BCUT2D eigenvalue weighted by atomic mass is 19.1. The van der Waals surface area contributed by atoms with Crippen molar-refractivity contribution in [3.05, 3.63) is 17.9 Å². The smallest absolute Gasteiger partial charge is 0.167 e. The third-order valence-electron chi connectivity index (χ3n) is 3.14. The van der Waals surface area contributed by atoms with Crippen molar-refractivity contribution in [2.24, 2.45) is 0 Å². The van der Waals surface area contributed by atoms with E-state index in [1.165, 1.54) is 6.07 Å². The summed E-state index contributed by atoms with van der Waals surface area (Å²) in [6, 6.07) is 3.00. The normalized spacial score (nSPS) is 23.5. The molecule has 5 heteroatoms. The predicted molar refractivity (Wildman–Crippen MR) is 74.2 cm³/mol. The van der Waals surface area contributed by atoms with E-state index in [2.05, 4.69) is 4.90 Å². The van der Waals surface area contributed by atoms with Gasteiger partial charge in [-0.2, -0.15) is 0 Å². The Kier molecular flexibility index (Phi) is 4.14. The highest BCUT2D eigenvalue weighted by Crippen LogP contribution is 2.32. The number of benzene rings is 1. The third-order valence-corrected chi connectivity index (χ3v) is 3.14. The van der Waals surface area contributed by atoms with Gasteiger partial charge in [0.2, 0.25) is 0 Å². The SMILES string of the molecule is CCOc1cc(N2CC(C)OC(C)C2)c(N)cc1F. The van der Waals surface area contributed by atoms with Gasteiger partial charge < -0.3 is 20.1 Å². The summed E-state index contributed by atoms with van der Waals surface area (Å²) in [7, 11) is 0. The zero-order valence-corrected chi connectivity index (χ0v) is 11.6. The van der Waals surface area contributed by atoms with Gasteiger partial charge in [0.25, 0.3) is 0 Å². The van der Waals surface area contributed by atoms with Crippen LogP contribution in [0.25, 0.3) is 0 Å². The first-order valence-corrected chi connectivity index (χ1v) is 6.63. The molecule has 0 spiro atoms. The van der Waals surface area contributed by atoms with Crippen LogP contribution in [0.5, 0.6) is 5.75 Å². The molecule has 4 nitrogen and oxygen atoms in total. The van der Waals surface area contributed by atoms with Crippen LogP contribution in [0, 0.1) is 5.82 Å². The molecular formula is C14H21FN2O2. The van der Waals surface area contributed by atoms with Crippen LogP contribution >= 0.6 is 0 Å². The summed E-state index contributed by atoms with van der Waals surface area (Å²) in [4.78, 5) is 2.12. The van der Waals surface area contributed by atoms with Crippen LogP contribution in [0.3, 0.4) is 0 Å². The van der Waals surface area contributed by atoms with Gasteiger partial charge in [-0.1, -0.05) is 0 Å². The van der Waals surface area contributed by atoms with Crippen molar-refractivity contribution in [1.82, 2.24) is 0 Å². The molecule has 1 saturated heterocycles. The molecule has 0 amide bonds. The van der Waals surface area contributed by atoms with E-state index in [4.69, 9.17) is 15.2 Å². The van der Waals surface area contributed by atoms with Crippen LogP contribution in [0.1, 0.15) is 20.8 Å². The molecule has 2 unspecified atom stereocenters. The summed E-state index contributed by atoms with van der Waals surface area (Å²) in [6.07, 6.45) is 0.257. The van der Waals surface area contributed by atoms with Crippen molar-refractivity contribution in [1.29, 1.82) is 0 Å². The van der Waals surface area contributed by atoms with E-state index in [1.54, 1.807) is 6.07 Å². The van der Waals surface area contributed by atoms with Crippen molar-refractivity contribution in [2.75, 3.05) is 30.3 Å². The van der Waals surface area contributed by atoms with E-state index in [9.17, 15) is 4.39 Å². The van der Waals surface area contributed by atoms with Gasteiger partial charge in [-0.25, -0.2) is 4.39 Å². The first kappa shape index (κ1) is 13.9. The van der Waals surface area contributed by atoms with Crippen LogP contribution in [0.15, 0.2) is 12.1 Å². The van der Waals surface area contributed by atoms with E-state index in [-0.39, 0.29) is 18.0 Å². The van der Waals surface area contributed by atoms with E-state index in [1.807, 2.05) is 20.8 Å². The minimum absolute atomic E-state index is 0.128. The van der Waals surface area contributed by atoms with Gasteiger partial charge in [0.15, 0.2) is 11.6 Å². The molecule has 0 aliphatic carbocycles. The van der Waals surface area contributed by atoms with Gasteiger partial charge in [0.05, 0.1) is 30.2 Å². The van der Waals surface area contributed by atoms with Gasteiger partial charge in [-0.15, -0.1) is 0 Å². The minimum atomic E-state index is -0.419. The van der Waals surface area contributed by atoms with Gasteiger partial charge in [0, 0.05) is 25.2 Å². The molecular weight excluding hydrogens is 247 g/mol. The lowest BCUT2D eigenvalue weighted by atomic mass is 10.1. The lowest BCUT2D eigenvalue weighted by Crippen LogP contribution is -2.45. The Morgan fingerprint density at radius 2 is 2.00 bits per heavy atom. The lowest BCUT2D eigenvalue weighted by molar-refractivity contribution is -0.00518. The molecule has 0 saturated carbocycles. The van der Waals surface area contributed by atoms with Crippen LogP contribution in [0.2, 0.25) is 0 Å². The van der Waals surface area contributed by atoms with Crippen LogP contribution in [0.4, 0.5) is 15.8 Å². The largest absolute Gasteiger partial charge is 0.491 e. The number of ether oxygens (including phenoxy) is 2. The predicted octanol–water partition coefficient (Wildman–Crippen LogP) is 2.42. The Morgan fingerprint density at radius 1 is 1.37 bits per heavy atom. The van der Waals surface area contributed by atoms with E-state index in [0.29, 0.717) is 12.3 Å². The molecule has 1 aliphatic rings. The highest BCUT2D eigenvalue weighted by Gasteiger charge is 2.24. The van der Waals surface area contributed by atoms with Gasteiger partial charge >= 0.3 is 0 Å². The number of halogens is 1. The summed E-state index contributed by atoms with van der Waals surface area (Å²) >= 11 is 0. The first-order valence-electron chi connectivity index (χ1n) is 6.63. The Hall–Kier alpha value is -1.49. The Bertz CT molecular complexity index is 443. The maximum absolute atomic E-state index is 13.7. The Labute approximate surface area is 113 Å². The monoisotopic (exact) mass is 268 g/mol. The molecule has 0 bridgehead atoms. The standard InChI is InChI=1S/C14H21FN2O2/c1-4-18-14-6-13(12(16)5-11(14)15)17-7-9(2)19-10(3)8-17/h5-6,9-10H,4,7-8,16H2,1-3H3. The Morgan fingerprint density at radius 3 is 2.58 bits per heavy atom. The molecule has 1 heterocycles. The van der Waals surface area contributed by atoms with E-state index >= 15 is 0 Å². The topological polar surface area (TPSA) is 47.7 Å². The van der Waals surface area contributed by atoms with E-state index < -0.39 is 5.82 Å². The lowest BCUT2D eigenvalue weighted by Gasteiger charge is -2.37. The number of nitrogens with two attached hydrogens (primary N) is 1. The van der Waals surface area contributed by atoms with Crippen LogP contribution in [-0.2, 0) is 4.74 Å².